The molecule has 6 heteroatoms. The molecular weight excluding hydrogens is 314 g/mol. The van der Waals surface area contributed by atoms with Crippen LogP contribution in [-0.2, 0) is 11.3 Å². The smallest absolute Gasteiger partial charge is 0.191 e. The number of ether oxygens (including phenoxy) is 1. The Morgan fingerprint density at radius 2 is 1.96 bits per heavy atom. The number of aromatic nitrogens is 1. The van der Waals surface area contributed by atoms with E-state index < -0.39 is 0 Å². The van der Waals surface area contributed by atoms with Gasteiger partial charge in [0, 0.05) is 31.4 Å². The molecule has 0 radical (unpaired) electrons. The fourth-order valence-electron chi connectivity index (χ4n) is 2.89. The van der Waals surface area contributed by atoms with Crippen molar-refractivity contribution in [3.05, 3.63) is 23.9 Å². The van der Waals surface area contributed by atoms with Crippen LogP contribution in [0.25, 0.3) is 0 Å². The minimum absolute atomic E-state index is 0.0210. The molecule has 1 fully saturated rings. The molecule has 1 aliphatic rings. The third kappa shape index (κ3) is 6.53. The average molecular weight is 348 g/mol. The number of nitrogens with one attached hydrogen (secondary N) is 2. The van der Waals surface area contributed by atoms with Crippen LogP contribution in [0, 0.1) is 0 Å². The van der Waals surface area contributed by atoms with Gasteiger partial charge in [0.05, 0.1) is 18.8 Å². The van der Waals surface area contributed by atoms with Crippen molar-refractivity contribution in [2.24, 2.45) is 4.99 Å². The van der Waals surface area contributed by atoms with Crippen molar-refractivity contribution in [1.29, 1.82) is 0 Å². The topological polar surface area (TPSA) is 61.8 Å². The Labute approximate surface area is 152 Å². The number of pyridine rings is 1. The van der Waals surface area contributed by atoms with E-state index in [9.17, 15) is 0 Å². The lowest BCUT2D eigenvalue weighted by Crippen LogP contribution is -2.47. The minimum atomic E-state index is -0.0210. The van der Waals surface area contributed by atoms with E-state index in [4.69, 9.17) is 4.74 Å². The minimum Gasteiger partial charge on any atom is -0.372 e. The Balaban J connectivity index is 2.00. The van der Waals surface area contributed by atoms with Crippen LogP contribution >= 0.6 is 0 Å². The number of anilines is 1. The van der Waals surface area contributed by atoms with E-state index in [1.54, 1.807) is 0 Å². The van der Waals surface area contributed by atoms with Crippen LogP contribution in [0.2, 0.25) is 0 Å². The van der Waals surface area contributed by atoms with E-state index in [-0.39, 0.29) is 17.7 Å². The zero-order valence-electron chi connectivity index (χ0n) is 16.5. The molecule has 2 atom stereocenters. The van der Waals surface area contributed by atoms with Gasteiger partial charge >= 0.3 is 0 Å². The maximum atomic E-state index is 5.79. The first kappa shape index (κ1) is 19.5. The maximum Gasteiger partial charge on any atom is 0.191 e. The summed E-state index contributed by atoms with van der Waals surface area (Å²) in [6, 6.07) is 4.19. The quantitative estimate of drug-likeness (QED) is 0.647. The highest BCUT2D eigenvalue weighted by Gasteiger charge is 2.22. The van der Waals surface area contributed by atoms with Gasteiger partial charge in [-0.15, -0.1) is 0 Å². The summed E-state index contributed by atoms with van der Waals surface area (Å²) in [6.07, 6.45) is 2.39. The molecule has 2 unspecified atom stereocenters. The van der Waals surface area contributed by atoms with Gasteiger partial charge in [-0.3, -0.25) is 0 Å². The molecule has 0 amide bonds. The van der Waals surface area contributed by atoms with E-state index in [0.717, 1.165) is 37.0 Å². The van der Waals surface area contributed by atoms with Crippen molar-refractivity contribution in [2.45, 2.75) is 65.8 Å². The molecule has 6 nitrogen and oxygen atoms in total. The molecule has 1 aliphatic heterocycles. The zero-order chi connectivity index (χ0) is 18.4. The van der Waals surface area contributed by atoms with Crippen molar-refractivity contribution < 1.29 is 4.74 Å². The van der Waals surface area contributed by atoms with Crippen LogP contribution in [0.5, 0.6) is 0 Å². The first-order valence-corrected chi connectivity index (χ1v) is 9.18. The second-order valence-electron chi connectivity index (χ2n) is 7.76. The number of nitrogens with zero attached hydrogens (tertiary/aromatic N) is 3. The molecule has 0 aliphatic carbocycles. The molecule has 2 rings (SSSR count). The van der Waals surface area contributed by atoms with Crippen molar-refractivity contribution in [3.63, 3.8) is 0 Å². The number of hydrogen-bond acceptors (Lipinski definition) is 4. The molecule has 0 aromatic carbocycles. The lowest BCUT2D eigenvalue weighted by Gasteiger charge is -2.36. The lowest BCUT2D eigenvalue weighted by molar-refractivity contribution is -0.00545. The van der Waals surface area contributed by atoms with E-state index in [2.05, 4.69) is 79.2 Å². The molecule has 2 heterocycles. The molecule has 25 heavy (non-hydrogen) atoms. The van der Waals surface area contributed by atoms with Gasteiger partial charge < -0.3 is 20.3 Å². The van der Waals surface area contributed by atoms with Crippen molar-refractivity contribution in [3.8, 4) is 0 Å². The van der Waals surface area contributed by atoms with Crippen LogP contribution in [0.3, 0.4) is 0 Å². The molecule has 1 aromatic rings. The van der Waals surface area contributed by atoms with Gasteiger partial charge in [0.2, 0.25) is 0 Å². The average Bonchev–Trinajstić information content (AvgIpc) is 2.51. The van der Waals surface area contributed by atoms with E-state index in [1.807, 2.05) is 6.20 Å². The van der Waals surface area contributed by atoms with Gasteiger partial charge in [0.1, 0.15) is 5.82 Å². The predicted octanol–water partition coefficient (Wildman–Crippen LogP) is 2.55. The summed E-state index contributed by atoms with van der Waals surface area (Å²) < 4.78 is 5.79. The summed E-state index contributed by atoms with van der Waals surface area (Å²) in [5.74, 6) is 1.84. The Hall–Kier alpha value is -1.82. The second kappa shape index (κ2) is 8.52. The number of hydrogen-bond donors (Lipinski definition) is 2. The van der Waals surface area contributed by atoms with Gasteiger partial charge in [-0.25, -0.2) is 9.98 Å². The van der Waals surface area contributed by atoms with Gasteiger partial charge in [-0.1, -0.05) is 6.07 Å². The first-order chi connectivity index (χ1) is 11.8. The van der Waals surface area contributed by atoms with Crippen LogP contribution in [0.1, 0.15) is 47.1 Å². The fraction of sp³-hybridized carbons (Fsp3) is 0.684. The Bertz CT molecular complexity index is 554. The van der Waals surface area contributed by atoms with E-state index >= 15 is 0 Å². The second-order valence-corrected chi connectivity index (χ2v) is 7.76. The Morgan fingerprint density at radius 1 is 1.28 bits per heavy atom. The summed E-state index contributed by atoms with van der Waals surface area (Å²) in [5.41, 5.74) is 1.08. The Morgan fingerprint density at radius 3 is 2.48 bits per heavy atom. The highest BCUT2D eigenvalue weighted by Crippen LogP contribution is 2.18. The van der Waals surface area contributed by atoms with Gasteiger partial charge in [0.25, 0.3) is 0 Å². The summed E-state index contributed by atoms with van der Waals surface area (Å²) in [6.45, 7) is 15.9. The van der Waals surface area contributed by atoms with E-state index in [0.29, 0.717) is 6.54 Å². The van der Waals surface area contributed by atoms with Crippen molar-refractivity contribution in [2.75, 3.05) is 24.5 Å². The van der Waals surface area contributed by atoms with Crippen LogP contribution in [-0.4, -0.2) is 48.3 Å². The molecule has 0 saturated carbocycles. The molecule has 140 valence electrons. The number of guanidine groups is 1. The Kier molecular flexibility index (Phi) is 6.64. The summed E-state index contributed by atoms with van der Waals surface area (Å²) in [5, 5.41) is 6.68. The molecular formula is C19H33N5O. The number of rotatable bonds is 4. The van der Waals surface area contributed by atoms with Crippen LogP contribution in [0.4, 0.5) is 5.82 Å². The predicted molar refractivity (Wildman–Crippen MR) is 104 cm³/mol. The normalized spacial score (nSPS) is 22.0. The van der Waals surface area contributed by atoms with Crippen LogP contribution in [0.15, 0.2) is 23.3 Å². The summed E-state index contributed by atoms with van der Waals surface area (Å²) in [7, 11) is 0. The summed E-state index contributed by atoms with van der Waals surface area (Å²) >= 11 is 0. The third-order valence-corrected chi connectivity index (χ3v) is 3.81. The van der Waals surface area contributed by atoms with Crippen molar-refractivity contribution >= 4 is 11.8 Å². The fourth-order valence-corrected chi connectivity index (χ4v) is 2.89. The van der Waals surface area contributed by atoms with Crippen molar-refractivity contribution in [1.82, 2.24) is 15.6 Å². The molecule has 1 aromatic heterocycles. The molecule has 1 saturated heterocycles. The molecule has 0 spiro atoms. The molecule has 0 bridgehead atoms. The SMILES string of the molecule is CCNC(=NCc1ccc(N2CC(C)OC(C)C2)nc1)NC(C)(C)C. The van der Waals surface area contributed by atoms with Gasteiger partial charge in [0.15, 0.2) is 5.96 Å². The standard InChI is InChI=1S/C19H33N5O/c1-7-20-18(23-19(4,5)6)22-11-16-8-9-17(21-10-16)24-12-14(2)25-15(3)13-24/h8-10,14-15H,7,11-13H2,1-6H3,(H2,20,22,23). The third-order valence-electron chi connectivity index (χ3n) is 3.81. The van der Waals surface area contributed by atoms with E-state index in [1.165, 1.54) is 0 Å². The van der Waals surface area contributed by atoms with Gasteiger partial charge in [-0.05, 0) is 53.2 Å². The first-order valence-electron chi connectivity index (χ1n) is 9.18. The maximum absolute atomic E-state index is 5.79. The summed E-state index contributed by atoms with van der Waals surface area (Å²) in [4.78, 5) is 11.6. The van der Waals surface area contributed by atoms with Gasteiger partial charge in [-0.2, -0.15) is 0 Å². The van der Waals surface area contributed by atoms with Crippen LogP contribution < -0.4 is 15.5 Å². The number of aliphatic imine (C=N–C) groups is 1. The zero-order valence-corrected chi connectivity index (χ0v) is 16.5. The number of morpholine rings is 1. The largest absolute Gasteiger partial charge is 0.372 e. The molecule has 2 N–H and O–H groups in total. The lowest BCUT2D eigenvalue weighted by atomic mass is 10.1. The highest BCUT2D eigenvalue weighted by molar-refractivity contribution is 5.80. The highest BCUT2D eigenvalue weighted by atomic mass is 16.5. The monoisotopic (exact) mass is 347 g/mol.